The van der Waals surface area contributed by atoms with Gasteiger partial charge in [-0.25, -0.2) is 0 Å². The first-order valence-electron chi connectivity index (χ1n) is 8.21. The van der Waals surface area contributed by atoms with Crippen LogP contribution in [0.4, 0.5) is 0 Å². The van der Waals surface area contributed by atoms with Crippen molar-refractivity contribution in [3.63, 3.8) is 0 Å². The topological polar surface area (TPSA) is 38.7 Å². The molecule has 0 saturated carbocycles. The number of hydrogen-bond donors (Lipinski definition) is 1. The molecule has 0 aliphatic carbocycles. The first-order valence-corrected chi connectivity index (χ1v) is 8.21. The molecule has 1 aromatic rings. The lowest BCUT2D eigenvalue weighted by molar-refractivity contribution is -0.179. The van der Waals surface area contributed by atoms with E-state index in [0.29, 0.717) is 0 Å². The zero-order chi connectivity index (χ0) is 15.5. The molecule has 0 saturated heterocycles. The molecule has 1 aromatic carbocycles. The normalized spacial score (nSPS) is 13.9. The quantitative estimate of drug-likeness (QED) is 0.476. The summed E-state index contributed by atoms with van der Waals surface area (Å²) in [7, 11) is 0. The maximum Gasteiger partial charge on any atom is 0.199 e. The highest BCUT2D eigenvalue weighted by Crippen LogP contribution is 2.22. The molecule has 21 heavy (non-hydrogen) atoms. The molecule has 1 N–H and O–H groups in total. The van der Waals surface area contributed by atoms with Gasteiger partial charge in [-0.1, -0.05) is 57.2 Å². The van der Waals surface area contributed by atoms with Crippen LogP contribution < -0.4 is 4.74 Å². The Morgan fingerprint density at radius 2 is 1.67 bits per heavy atom. The van der Waals surface area contributed by atoms with E-state index in [2.05, 4.69) is 13.0 Å². The van der Waals surface area contributed by atoms with Gasteiger partial charge in [0.05, 0.1) is 0 Å². The van der Waals surface area contributed by atoms with E-state index in [-0.39, 0.29) is 0 Å². The van der Waals surface area contributed by atoms with Crippen molar-refractivity contribution in [2.75, 3.05) is 0 Å². The predicted octanol–water partition coefficient (Wildman–Crippen LogP) is 4.67. The van der Waals surface area contributed by atoms with E-state index in [4.69, 9.17) is 9.47 Å². The number of unbranched alkanes of at least 4 members (excludes halogenated alkanes) is 5. The molecule has 120 valence electrons. The van der Waals surface area contributed by atoms with Crippen molar-refractivity contribution in [1.29, 1.82) is 0 Å². The standard InChI is InChI=1S/C18H30O3/c1-4-5-6-7-8-9-12-17-13-10-11-14-18(17)21-16(3)20-15(2)19/h10-11,13-16,19H,4-9,12H2,1-3H3. The number of aryl methyl sites for hydroxylation is 1. The Morgan fingerprint density at radius 1 is 1.00 bits per heavy atom. The van der Waals surface area contributed by atoms with Crippen molar-refractivity contribution < 1.29 is 14.6 Å². The van der Waals surface area contributed by atoms with Crippen molar-refractivity contribution >= 4 is 0 Å². The number of ether oxygens (including phenoxy) is 2. The maximum atomic E-state index is 9.21. The Hall–Kier alpha value is -1.06. The van der Waals surface area contributed by atoms with Crippen LogP contribution in [-0.2, 0) is 11.2 Å². The van der Waals surface area contributed by atoms with Gasteiger partial charge in [0.2, 0.25) is 0 Å². The van der Waals surface area contributed by atoms with Gasteiger partial charge >= 0.3 is 0 Å². The second-order valence-corrected chi connectivity index (χ2v) is 5.55. The molecule has 0 amide bonds. The largest absolute Gasteiger partial charge is 0.465 e. The number of aliphatic hydroxyl groups is 1. The minimum absolute atomic E-state index is 0.448. The predicted molar refractivity (Wildman–Crippen MR) is 86.4 cm³/mol. The summed E-state index contributed by atoms with van der Waals surface area (Å²) in [5, 5.41) is 9.21. The first kappa shape index (κ1) is 18.0. The summed E-state index contributed by atoms with van der Waals surface area (Å²) in [4.78, 5) is 0. The molecule has 2 atom stereocenters. The van der Waals surface area contributed by atoms with Crippen LogP contribution in [0.5, 0.6) is 5.75 Å². The zero-order valence-electron chi connectivity index (χ0n) is 13.7. The highest BCUT2D eigenvalue weighted by atomic mass is 16.7. The fourth-order valence-corrected chi connectivity index (χ4v) is 2.41. The van der Waals surface area contributed by atoms with Gasteiger partial charge in [0.25, 0.3) is 0 Å². The second kappa shape index (κ2) is 10.6. The average Bonchev–Trinajstić information content (AvgIpc) is 2.43. The zero-order valence-corrected chi connectivity index (χ0v) is 13.7. The lowest BCUT2D eigenvalue weighted by Gasteiger charge is -2.19. The van der Waals surface area contributed by atoms with Gasteiger partial charge < -0.3 is 14.6 Å². The summed E-state index contributed by atoms with van der Waals surface area (Å²) < 4.78 is 11.0. The lowest BCUT2D eigenvalue weighted by atomic mass is 10.0. The Kier molecular flexibility index (Phi) is 9.11. The molecule has 0 aliphatic heterocycles. The van der Waals surface area contributed by atoms with E-state index in [1.165, 1.54) is 44.1 Å². The summed E-state index contributed by atoms with van der Waals surface area (Å²) >= 11 is 0. The highest BCUT2D eigenvalue weighted by molar-refractivity contribution is 5.33. The van der Waals surface area contributed by atoms with Gasteiger partial charge in [0.1, 0.15) is 5.75 Å². The molecule has 1 rings (SSSR count). The minimum Gasteiger partial charge on any atom is -0.465 e. The van der Waals surface area contributed by atoms with Crippen molar-refractivity contribution in [1.82, 2.24) is 0 Å². The van der Waals surface area contributed by atoms with E-state index < -0.39 is 12.6 Å². The monoisotopic (exact) mass is 294 g/mol. The molecule has 3 heteroatoms. The van der Waals surface area contributed by atoms with Crippen LogP contribution in [0.3, 0.4) is 0 Å². The van der Waals surface area contributed by atoms with Crippen LogP contribution >= 0.6 is 0 Å². The van der Waals surface area contributed by atoms with Crippen LogP contribution in [0, 0.1) is 0 Å². The van der Waals surface area contributed by atoms with Crippen LogP contribution in [0.2, 0.25) is 0 Å². The smallest absolute Gasteiger partial charge is 0.199 e. The van der Waals surface area contributed by atoms with Crippen LogP contribution in [-0.4, -0.2) is 17.7 Å². The number of para-hydroxylation sites is 1. The Bertz CT molecular complexity index is 376. The highest BCUT2D eigenvalue weighted by Gasteiger charge is 2.10. The Morgan fingerprint density at radius 3 is 2.38 bits per heavy atom. The molecule has 0 spiro atoms. The third kappa shape index (κ3) is 8.08. The molecule has 0 bridgehead atoms. The van der Waals surface area contributed by atoms with Crippen LogP contribution in [0.15, 0.2) is 24.3 Å². The second-order valence-electron chi connectivity index (χ2n) is 5.55. The van der Waals surface area contributed by atoms with E-state index >= 15 is 0 Å². The molecule has 0 heterocycles. The van der Waals surface area contributed by atoms with Crippen molar-refractivity contribution in [2.45, 2.75) is 78.3 Å². The minimum atomic E-state index is -0.814. The maximum absolute atomic E-state index is 9.21. The number of aliphatic hydroxyl groups excluding tert-OH is 1. The summed E-state index contributed by atoms with van der Waals surface area (Å²) in [5.74, 6) is 0.860. The summed E-state index contributed by atoms with van der Waals surface area (Å²) in [5.41, 5.74) is 1.22. The number of hydrogen-bond acceptors (Lipinski definition) is 3. The molecular formula is C18H30O3. The average molecular weight is 294 g/mol. The van der Waals surface area contributed by atoms with Gasteiger partial charge in [-0.2, -0.15) is 0 Å². The molecule has 0 radical (unpaired) electrons. The summed E-state index contributed by atoms with van der Waals surface area (Å²) in [6.07, 6.45) is 7.52. The Balaban J connectivity index is 2.40. The van der Waals surface area contributed by atoms with Gasteiger partial charge in [0.15, 0.2) is 12.6 Å². The van der Waals surface area contributed by atoms with Gasteiger partial charge in [-0.05, 0) is 38.3 Å². The van der Waals surface area contributed by atoms with Gasteiger partial charge in [0, 0.05) is 0 Å². The number of rotatable bonds is 11. The molecule has 2 unspecified atom stereocenters. The van der Waals surface area contributed by atoms with Crippen LogP contribution in [0.1, 0.15) is 64.9 Å². The molecule has 3 nitrogen and oxygen atoms in total. The van der Waals surface area contributed by atoms with E-state index in [1.807, 2.05) is 18.2 Å². The summed E-state index contributed by atoms with van der Waals surface area (Å²) in [6.45, 7) is 5.63. The fourth-order valence-electron chi connectivity index (χ4n) is 2.41. The fraction of sp³-hybridized carbons (Fsp3) is 0.667. The van der Waals surface area contributed by atoms with Crippen molar-refractivity contribution in [2.24, 2.45) is 0 Å². The third-order valence-electron chi connectivity index (χ3n) is 3.45. The van der Waals surface area contributed by atoms with E-state index in [1.54, 1.807) is 13.8 Å². The van der Waals surface area contributed by atoms with Crippen LogP contribution in [0.25, 0.3) is 0 Å². The Labute approximate surface area is 129 Å². The molecule has 0 fully saturated rings. The van der Waals surface area contributed by atoms with Gasteiger partial charge in [-0.15, -0.1) is 0 Å². The molecular weight excluding hydrogens is 264 g/mol. The summed E-state index contributed by atoms with van der Waals surface area (Å²) in [6, 6.07) is 8.08. The first-order chi connectivity index (χ1) is 10.1. The SMILES string of the molecule is CCCCCCCCc1ccccc1OC(C)OC(C)O. The van der Waals surface area contributed by atoms with Gasteiger partial charge in [-0.3, -0.25) is 0 Å². The molecule has 0 aliphatic rings. The van der Waals surface area contributed by atoms with E-state index in [9.17, 15) is 5.11 Å². The third-order valence-corrected chi connectivity index (χ3v) is 3.45. The lowest BCUT2D eigenvalue weighted by Crippen LogP contribution is -2.22. The van der Waals surface area contributed by atoms with Crippen molar-refractivity contribution in [3.8, 4) is 5.75 Å². The number of benzene rings is 1. The van der Waals surface area contributed by atoms with Crippen molar-refractivity contribution in [3.05, 3.63) is 29.8 Å². The van der Waals surface area contributed by atoms with E-state index in [0.717, 1.165) is 12.2 Å². The molecule has 0 aromatic heterocycles.